The standard InChI is InChI=1S/C21H19F3N2O3S2/c1-26(14-16-5-2-3-7-19(16)21(22,23)24)20(27)15-8-10-18(11-9-15)31(28,29)25-13-17-6-4-12-30-17/h2-12,25H,13-14H2,1H3. The molecule has 1 aromatic heterocycles. The molecule has 0 saturated carbocycles. The molecule has 0 aliphatic rings. The average Bonchev–Trinajstić information content (AvgIpc) is 3.25. The zero-order valence-electron chi connectivity index (χ0n) is 16.4. The summed E-state index contributed by atoms with van der Waals surface area (Å²) in [5.74, 6) is -0.521. The Hall–Kier alpha value is -2.69. The second kappa shape index (κ2) is 9.21. The number of carbonyl (C=O) groups excluding carboxylic acids is 1. The lowest BCUT2D eigenvalue weighted by Crippen LogP contribution is -2.27. The molecule has 1 heterocycles. The quantitative estimate of drug-likeness (QED) is 0.555. The Morgan fingerprint density at radius 1 is 1.03 bits per heavy atom. The van der Waals surface area contributed by atoms with Crippen LogP contribution in [0.25, 0.3) is 0 Å². The highest BCUT2D eigenvalue weighted by atomic mass is 32.2. The fourth-order valence-corrected chi connectivity index (χ4v) is 4.66. The van der Waals surface area contributed by atoms with Gasteiger partial charge in [-0.3, -0.25) is 4.79 Å². The topological polar surface area (TPSA) is 66.5 Å². The Bertz CT molecular complexity index is 1140. The van der Waals surface area contributed by atoms with Crippen LogP contribution in [-0.2, 0) is 29.3 Å². The van der Waals surface area contributed by atoms with Crippen molar-refractivity contribution in [2.45, 2.75) is 24.2 Å². The first-order valence-electron chi connectivity index (χ1n) is 9.10. The van der Waals surface area contributed by atoms with Crippen LogP contribution in [0.3, 0.4) is 0 Å². The summed E-state index contributed by atoms with van der Waals surface area (Å²) in [7, 11) is -2.37. The summed E-state index contributed by atoms with van der Waals surface area (Å²) in [6.45, 7) is -0.0844. The summed E-state index contributed by atoms with van der Waals surface area (Å²) in [5.41, 5.74) is -0.653. The molecule has 0 aliphatic heterocycles. The third-order valence-electron chi connectivity index (χ3n) is 4.51. The highest BCUT2D eigenvalue weighted by molar-refractivity contribution is 7.89. The predicted octanol–water partition coefficient (Wildman–Crippen LogP) is 4.52. The number of thiophene rings is 1. The number of nitrogens with zero attached hydrogens (tertiary/aromatic N) is 1. The maximum atomic E-state index is 13.2. The maximum absolute atomic E-state index is 13.2. The monoisotopic (exact) mass is 468 g/mol. The molecule has 10 heteroatoms. The molecule has 3 aromatic rings. The molecular formula is C21H19F3N2O3S2. The maximum Gasteiger partial charge on any atom is 0.416 e. The van der Waals surface area contributed by atoms with Crippen LogP contribution >= 0.6 is 11.3 Å². The first-order chi connectivity index (χ1) is 14.6. The summed E-state index contributed by atoms with van der Waals surface area (Å²) in [4.78, 5) is 14.6. The number of nitrogens with one attached hydrogen (secondary N) is 1. The second-order valence-corrected chi connectivity index (χ2v) is 9.54. The fourth-order valence-electron chi connectivity index (χ4n) is 2.92. The molecular weight excluding hydrogens is 449 g/mol. The van der Waals surface area contributed by atoms with Crippen molar-refractivity contribution in [1.82, 2.24) is 9.62 Å². The normalized spacial score (nSPS) is 12.0. The summed E-state index contributed by atoms with van der Waals surface area (Å²) in [6, 6.07) is 14.0. The minimum Gasteiger partial charge on any atom is -0.337 e. The number of alkyl halides is 3. The van der Waals surface area contributed by atoms with Crippen LogP contribution in [0.1, 0.15) is 26.4 Å². The van der Waals surface area contributed by atoms with E-state index >= 15 is 0 Å². The van der Waals surface area contributed by atoms with Gasteiger partial charge in [0.15, 0.2) is 0 Å². The molecule has 0 atom stereocenters. The largest absolute Gasteiger partial charge is 0.416 e. The van der Waals surface area contributed by atoms with Crippen LogP contribution in [0.2, 0.25) is 0 Å². The van der Waals surface area contributed by atoms with Crippen LogP contribution < -0.4 is 4.72 Å². The van der Waals surface area contributed by atoms with Gasteiger partial charge in [0.1, 0.15) is 0 Å². The minimum atomic E-state index is -4.52. The van der Waals surface area contributed by atoms with Gasteiger partial charge in [0.2, 0.25) is 10.0 Å². The van der Waals surface area contributed by atoms with E-state index in [9.17, 15) is 26.4 Å². The second-order valence-electron chi connectivity index (χ2n) is 6.74. The number of amides is 1. The van der Waals surface area contributed by atoms with E-state index in [1.54, 1.807) is 0 Å². The Balaban J connectivity index is 1.70. The number of carbonyl (C=O) groups is 1. The van der Waals surface area contributed by atoms with Gasteiger partial charge in [-0.15, -0.1) is 11.3 Å². The Labute approximate surface area is 182 Å². The number of benzene rings is 2. The summed E-state index contributed by atoms with van der Waals surface area (Å²) >= 11 is 1.42. The van der Waals surface area contributed by atoms with Crippen molar-refractivity contribution in [1.29, 1.82) is 0 Å². The van der Waals surface area contributed by atoms with E-state index < -0.39 is 27.7 Å². The highest BCUT2D eigenvalue weighted by Crippen LogP contribution is 2.32. The van der Waals surface area contributed by atoms with Crippen molar-refractivity contribution in [2.24, 2.45) is 0 Å². The molecule has 2 aromatic carbocycles. The summed E-state index contributed by atoms with van der Waals surface area (Å²) in [6.07, 6.45) is -4.52. The number of sulfonamides is 1. The molecule has 164 valence electrons. The lowest BCUT2D eigenvalue weighted by atomic mass is 10.1. The Morgan fingerprint density at radius 2 is 1.71 bits per heavy atom. The van der Waals surface area contributed by atoms with Crippen molar-refractivity contribution >= 4 is 27.3 Å². The predicted molar refractivity (Wildman–Crippen MR) is 112 cm³/mol. The van der Waals surface area contributed by atoms with Gasteiger partial charge < -0.3 is 4.90 Å². The minimum absolute atomic E-state index is 0.00863. The van der Waals surface area contributed by atoms with Crippen molar-refractivity contribution in [2.75, 3.05) is 7.05 Å². The van der Waals surface area contributed by atoms with E-state index in [-0.39, 0.29) is 29.1 Å². The van der Waals surface area contributed by atoms with Crippen LogP contribution in [0, 0.1) is 0 Å². The average molecular weight is 469 g/mol. The molecule has 0 spiro atoms. The van der Waals surface area contributed by atoms with Crippen LogP contribution in [0.4, 0.5) is 13.2 Å². The van der Waals surface area contributed by atoms with E-state index in [1.807, 2.05) is 17.5 Å². The number of hydrogen-bond donors (Lipinski definition) is 1. The first-order valence-corrected chi connectivity index (χ1v) is 11.5. The zero-order valence-corrected chi connectivity index (χ0v) is 18.0. The van der Waals surface area contributed by atoms with E-state index in [0.717, 1.165) is 15.8 Å². The van der Waals surface area contributed by atoms with E-state index in [4.69, 9.17) is 0 Å². The van der Waals surface area contributed by atoms with Gasteiger partial charge >= 0.3 is 6.18 Å². The number of rotatable bonds is 7. The van der Waals surface area contributed by atoms with Gasteiger partial charge in [-0.2, -0.15) is 13.2 Å². The van der Waals surface area contributed by atoms with Crippen LogP contribution in [-0.4, -0.2) is 26.3 Å². The molecule has 0 aliphatic carbocycles. The van der Waals surface area contributed by atoms with Crippen molar-refractivity contribution in [3.63, 3.8) is 0 Å². The third kappa shape index (κ3) is 5.72. The van der Waals surface area contributed by atoms with E-state index in [0.29, 0.717) is 0 Å². The van der Waals surface area contributed by atoms with Crippen molar-refractivity contribution in [3.8, 4) is 0 Å². The highest BCUT2D eigenvalue weighted by Gasteiger charge is 2.33. The van der Waals surface area contributed by atoms with Gasteiger partial charge in [0.05, 0.1) is 10.5 Å². The zero-order chi connectivity index (χ0) is 22.6. The van der Waals surface area contributed by atoms with Crippen LogP contribution in [0.5, 0.6) is 0 Å². The lowest BCUT2D eigenvalue weighted by Gasteiger charge is -2.20. The van der Waals surface area contributed by atoms with E-state index in [1.165, 1.54) is 60.8 Å². The van der Waals surface area contributed by atoms with Gasteiger partial charge in [0, 0.05) is 30.6 Å². The van der Waals surface area contributed by atoms with Gasteiger partial charge in [-0.25, -0.2) is 13.1 Å². The molecule has 0 fully saturated rings. The molecule has 0 radical (unpaired) electrons. The smallest absolute Gasteiger partial charge is 0.337 e. The van der Waals surface area contributed by atoms with Crippen LogP contribution in [0.15, 0.2) is 70.9 Å². The molecule has 0 saturated heterocycles. The Morgan fingerprint density at radius 3 is 2.32 bits per heavy atom. The third-order valence-corrected chi connectivity index (χ3v) is 6.80. The SMILES string of the molecule is CN(Cc1ccccc1C(F)(F)F)C(=O)c1ccc(S(=O)(=O)NCc2cccs2)cc1. The summed E-state index contributed by atoms with van der Waals surface area (Å²) < 4.78 is 66.8. The molecule has 0 unspecified atom stereocenters. The van der Waals surface area contributed by atoms with Crippen molar-refractivity contribution in [3.05, 3.63) is 87.6 Å². The fraction of sp³-hybridized carbons (Fsp3) is 0.190. The Kier molecular flexibility index (Phi) is 6.83. The summed E-state index contributed by atoms with van der Waals surface area (Å²) in [5, 5.41) is 1.84. The molecule has 1 amide bonds. The lowest BCUT2D eigenvalue weighted by molar-refractivity contribution is -0.138. The van der Waals surface area contributed by atoms with Crippen molar-refractivity contribution < 1.29 is 26.4 Å². The molecule has 0 bridgehead atoms. The van der Waals surface area contributed by atoms with Gasteiger partial charge in [0.25, 0.3) is 5.91 Å². The first kappa shape index (κ1) is 23.0. The molecule has 31 heavy (non-hydrogen) atoms. The molecule has 3 rings (SSSR count). The molecule has 1 N–H and O–H groups in total. The van der Waals surface area contributed by atoms with E-state index in [2.05, 4.69) is 4.72 Å². The number of hydrogen-bond acceptors (Lipinski definition) is 4. The van der Waals surface area contributed by atoms with Gasteiger partial charge in [-0.05, 0) is 47.3 Å². The number of halogens is 3. The van der Waals surface area contributed by atoms with Gasteiger partial charge in [-0.1, -0.05) is 24.3 Å². The molecule has 5 nitrogen and oxygen atoms in total.